The molecule has 0 bridgehead atoms. The van der Waals surface area contributed by atoms with Crippen molar-refractivity contribution in [2.24, 2.45) is 4.99 Å². The highest BCUT2D eigenvalue weighted by Crippen LogP contribution is 2.19. The first-order chi connectivity index (χ1) is 11.2. The maximum absolute atomic E-state index is 12.4. The van der Waals surface area contributed by atoms with Gasteiger partial charge in [0, 0.05) is 0 Å². The van der Waals surface area contributed by atoms with E-state index in [1.54, 1.807) is 36.4 Å². The van der Waals surface area contributed by atoms with Crippen molar-refractivity contribution in [2.75, 3.05) is 0 Å². The molecule has 112 valence electrons. The first-order valence-corrected chi connectivity index (χ1v) is 6.79. The number of nitrogens with zero attached hydrogens (tertiary/aromatic N) is 1. The summed E-state index contributed by atoms with van der Waals surface area (Å²) in [5.74, 6) is -0.243. The van der Waals surface area contributed by atoms with Gasteiger partial charge in [-0.25, -0.2) is 9.79 Å². The fraction of sp³-hybridized carbons (Fsp3) is 0. The second-order valence-corrected chi connectivity index (χ2v) is 4.83. The van der Waals surface area contributed by atoms with Gasteiger partial charge in [0.1, 0.15) is 11.8 Å². The average Bonchev–Trinajstić information content (AvgIpc) is 3.21. The minimum Gasteiger partial charge on any atom is -0.463 e. The molecule has 1 aromatic carbocycles. The molecule has 0 N–H and O–H groups in total. The van der Waals surface area contributed by atoms with E-state index in [4.69, 9.17) is 13.6 Å². The molecule has 6 nitrogen and oxygen atoms in total. The molecular formula is C17H9NO5. The van der Waals surface area contributed by atoms with Crippen molar-refractivity contribution in [3.63, 3.8) is 0 Å². The quantitative estimate of drug-likeness (QED) is 0.537. The molecule has 4 rings (SSSR count). The summed E-state index contributed by atoms with van der Waals surface area (Å²) in [4.78, 5) is 28.3. The molecular weight excluding hydrogens is 298 g/mol. The maximum Gasteiger partial charge on any atom is 0.363 e. The molecule has 1 aliphatic heterocycles. The van der Waals surface area contributed by atoms with Gasteiger partial charge in [0.25, 0.3) is 5.90 Å². The Morgan fingerprint density at radius 1 is 1.00 bits per heavy atom. The lowest BCUT2D eigenvalue weighted by Crippen LogP contribution is -2.07. The SMILES string of the molecule is O=C1OC(c2ccco2)=NC1=Cc1coc2ccccc2c1=O. The van der Waals surface area contributed by atoms with Gasteiger partial charge >= 0.3 is 5.97 Å². The number of cyclic esters (lactones) is 1. The van der Waals surface area contributed by atoms with Gasteiger partial charge in [-0.2, -0.15) is 0 Å². The van der Waals surface area contributed by atoms with E-state index >= 15 is 0 Å². The molecule has 6 heteroatoms. The third-order valence-corrected chi connectivity index (χ3v) is 3.35. The second kappa shape index (κ2) is 5.10. The van der Waals surface area contributed by atoms with Crippen molar-refractivity contribution >= 4 is 28.9 Å². The largest absolute Gasteiger partial charge is 0.463 e. The van der Waals surface area contributed by atoms with Crippen molar-refractivity contribution in [3.05, 3.63) is 76.2 Å². The Kier molecular flexibility index (Phi) is 2.94. The number of carbonyl (C=O) groups is 1. The summed E-state index contributed by atoms with van der Waals surface area (Å²) in [5, 5.41) is 0.434. The van der Waals surface area contributed by atoms with Crippen LogP contribution in [0.5, 0.6) is 0 Å². The molecule has 23 heavy (non-hydrogen) atoms. The predicted molar refractivity (Wildman–Crippen MR) is 81.8 cm³/mol. The first kappa shape index (κ1) is 13.3. The molecule has 0 aliphatic carbocycles. The van der Waals surface area contributed by atoms with Crippen LogP contribution in [0, 0.1) is 0 Å². The van der Waals surface area contributed by atoms with Gasteiger partial charge in [-0.15, -0.1) is 0 Å². The molecule has 1 aliphatic rings. The van der Waals surface area contributed by atoms with E-state index in [1.807, 2.05) is 0 Å². The number of fused-ring (bicyclic) bond motifs is 1. The summed E-state index contributed by atoms with van der Waals surface area (Å²) in [6, 6.07) is 10.2. The lowest BCUT2D eigenvalue weighted by atomic mass is 10.1. The zero-order valence-corrected chi connectivity index (χ0v) is 11.7. The minimum atomic E-state index is -0.649. The van der Waals surface area contributed by atoms with Crippen LogP contribution >= 0.6 is 0 Å². The molecule has 0 atom stereocenters. The number of aliphatic imine (C=N–C) groups is 1. The van der Waals surface area contributed by atoms with Crippen molar-refractivity contribution in [2.45, 2.75) is 0 Å². The van der Waals surface area contributed by atoms with Gasteiger partial charge in [0.15, 0.2) is 16.9 Å². The normalized spacial score (nSPS) is 15.9. The minimum absolute atomic E-state index is 0.0129. The zero-order valence-electron chi connectivity index (χ0n) is 11.7. The van der Waals surface area contributed by atoms with Crippen LogP contribution in [0.3, 0.4) is 0 Å². The van der Waals surface area contributed by atoms with E-state index in [9.17, 15) is 9.59 Å². The van der Waals surface area contributed by atoms with E-state index in [0.29, 0.717) is 16.7 Å². The van der Waals surface area contributed by atoms with Gasteiger partial charge in [-0.05, 0) is 30.3 Å². The molecule has 2 aromatic heterocycles. The number of hydrogen-bond acceptors (Lipinski definition) is 6. The Labute approximate surface area is 129 Å². The van der Waals surface area contributed by atoms with Gasteiger partial charge in [-0.3, -0.25) is 4.79 Å². The van der Waals surface area contributed by atoms with Gasteiger partial charge in [0.05, 0.1) is 17.2 Å². The van der Waals surface area contributed by atoms with Crippen LogP contribution in [-0.4, -0.2) is 11.9 Å². The summed E-state index contributed by atoms with van der Waals surface area (Å²) in [6.07, 6.45) is 4.09. The summed E-state index contributed by atoms with van der Waals surface area (Å²) >= 11 is 0. The molecule has 0 amide bonds. The smallest absolute Gasteiger partial charge is 0.363 e. The third-order valence-electron chi connectivity index (χ3n) is 3.35. The number of para-hydroxylation sites is 1. The molecule has 0 spiro atoms. The first-order valence-electron chi connectivity index (χ1n) is 6.79. The monoisotopic (exact) mass is 307 g/mol. The van der Waals surface area contributed by atoms with Crippen molar-refractivity contribution in [3.8, 4) is 0 Å². The Hall–Kier alpha value is -3.41. The fourth-order valence-corrected chi connectivity index (χ4v) is 2.25. The molecule has 0 unspecified atom stereocenters. The topological polar surface area (TPSA) is 82.0 Å². The third kappa shape index (κ3) is 2.26. The van der Waals surface area contributed by atoms with E-state index in [0.717, 1.165) is 0 Å². The number of benzene rings is 1. The predicted octanol–water partition coefficient (Wildman–Crippen LogP) is 2.73. The number of carbonyl (C=O) groups excluding carboxylic acids is 1. The summed E-state index contributed by atoms with van der Waals surface area (Å²) in [7, 11) is 0. The van der Waals surface area contributed by atoms with Crippen molar-refractivity contribution in [1.82, 2.24) is 0 Å². The van der Waals surface area contributed by atoms with E-state index in [2.05, 4.69) is 4.99 Å². The molecule has 3 aromatic rings. The lowest BCUT2D eigenvalue weighted by molar-refractivity contribution is -0.130. The van der Waals surface area contributed by atoms with Crippen LogP contribution in [0.25, 0.3) is 17.0 Å². The number of esters is 1. The van der Waals surface area contributed by atoms with Gasteiger partial charge < -0.3 is 13.6 Å². The van der Waals surface area contributed by atoms with E-state index in [1.165, 1.54) is 18.6 Å². The Morgan fingerprint density at radius 2 is 1.87 bits per heavy atom. The summed E-state index contributed by atoms with van der Waals surface area (Å²) in [6.45, 7) is 0. The second-order valence-electron chi connectivity index (χ2n) is 4.83. The number of rotatable bonds is 2. The van der Waals surface area contributed by atoms with Crippen LogP contribution in [0.4, 0.5) is 0 Å². The molecule has 3 heterocycles. The van der Waals surface area contributed by atoms with Crippen LogP contribution in [0.2, 0.25) is 0 Å². The van der Waals surface area contributed by atoms with E-state index in [-0.39, 0.29) is 22.6 Å². The summed E-state index contributed by atoms with van der Waals surface area (Å²) < 4.78 is 15.6. The van der Waals surface area contributed by atoms with Crippen LogP contribution in [-0.2, 0) is 9.53 Å². The highest BCUT2D eigenvalue weighted by molar-refractivity contribution is 6.11. The van der Waals surface area contributed by atoms with Crippen molar-refractivity contribution in [1.29, 1.82) is 0 Å². The highest BCUT2D eigenvalue weighted by atomic mass is 16.6. The molecule has 0 radical (unpaired) electrons. The summed E-state index contributed by atoms with van der Waals surface area (Å²) in [5.41, 5.74) is 0.473. The Balaban J connectivity index is 1.80. The number of hydrogen-bond donors (Lipinski definition) is 0. The van der Waals surface area contributed by atoms with Crippen LogP contribution < -0.4 is 5.43 Å². The Morgan fingerprint density at radius 3 is 2.70 bits per heavy atom. The molecule has 0 saturated heterocycles. The molecule has 0 saturated carbocycles. The average molecular weight is 307 g/mol. The standard InChI is InChI=1S/C17H9NO5/c19-15-10(9-22-13-5-2-1-4-11(13)15)8-12-17(20)23-16(18-12)14-6-3-7-21-14/h1-9H. The van der Waals surface area contributed by atoms with Crippen LogP contribution in [0.1, 0.15) is 11.3 Å². The fourth-order valence-electron chi connectivity index (χ4n) is 2.25. The van der Waals surface area contributed by atoms with Gasteiger partial charge in [0.2, 0.25) is 0 Å². The van der Waals surface area contributed by atoms with Gasteiger partial charge in [-0.1, -0.05) is 12.1 Å². The van der Waals surface area contributed by atoms with Crippen LogP contribution in [0.15, 0.2) is 73.2 Å². The highest BCUT2D eigenvalue weighted by Gasteiger charge is 2.26. The molecule has 0 fully saturated rings. The zero-order chi connectivity index (χ0) is 15.8. The lowest BCUT2D eigenvalue weighted by Gasteiger charge is -1.97. The maximum atomic E-state index is 12.4. The van der Waals surface area contributed by atoms with E-state index < -0.39 is 5.97 Å². The Bertz CT molecular complexity index is 1020. The number of furan rings is 1. The number of ether oxygens (including phenoxy) is 1. The van der Waals surface area contributed by atoms with Crippen molar-refractivity contribution < 1.29 is 18.4 Å².